The summed E-state index contributed by atoms with van der Waals surface area (Å²) < 4.78 is 53.2. The zero-order chi connectivity index (χ0) is 16.0. The molecule has 0 N–H and O–H groups in total. The number of hydrogen-bond acceptors (Lipinski definition) is 2. The van der Waals surface area contributed by atoms with Gasteiger partial charge in [-0.25, -0.2) is 17.2 Å². The van der Waals surface area contributed by atoms with Gasteiger partial charge >= 0.3 is 0 Å². The van der Waals surface area contributed by atoms with Crippen LogP contribution < -0.4 is 0 Å². The Morgan fingerprint density at radius 1 is 1.29 bits per heavy atom. The molecule has 21 heavy (non-hydrogen) atoms. The normalized spacial score (nSPS) is 24.5. The van der Waals surface area contributed by atoms with Crippen LogP contribution in [0.1, 0.15) is 38.8 Å². The first-order valence-electron chi connectivity index (χ1n) is 6.64. The minimum atomic E-state index is -3.68. The molecule has 1 aromatic carbocycles. The summed E-state index contributed by atoms with van der Waals surface area (Å²) in [6, 6.07) is 3.51. The molecule has 1 saturated heterocycles. The maximum absolute atomic E-state index is 13.8. The van der Waals surface area contributed by atoms with E-state index in [1.54, 1.807) is 26.8 Å². The number of rotatable bonds is 2. The van der Waals surface area contributed by atoms with Crippen LogP contribution in [0.5, 0.6) is 0 Å². The highest BCUT2D eigenvalue weighted by molar-refractivity contribution is 9.10. The van der Waals surface area contributed by atoms with Crippen molar-refractivity contribution in [1.82, 2.24) is 4.31 Å². The molecule has 7 heteroatoms. The van der Waals surface area contributed by atoms with Crippen LogP contribution in [-0.4, -0.2) is 30.2 Å². The molecule has 0 spiro atoms. The Morgan fingerprint density at radius 2 is 1.90 bits per heavy atom. The second-order valence-corrected chi connectivity index (χ2v) is 9.80. The van der Waals surface area contributed by atoms with E-state index in [2.05, 4.69) is 15.9 Å². The molecule has 118 valence electrons. The zero-order valence-electron chi connectivity index (χ0n) is 12.1. The van der Waals surface area contributed by atoms with Crippen LogP contribution >= 0.6 is 15.9 Å². The van der Waals surface area contributed by atoms with Crippen molar-refractivity contribution in [2.75, 3.05) is 6.54 Å². The van der Waals surface area contributed by atoms with E-state index in [1.165, 1.54) is 16.4 Å². The second kappa shape index (κ2) is 5.59. The van der Waals surface area contributed by atoms with Crippen molar-refractivity contribution < 1.29 is 17.2 Å². The van der Waals surface area contributed by atoms with Gasteiger partial charge < -0.3 is 0 Å². The topological polar surface area (TPSA) is 37.4 Å². The van der Waals surface area contributed by atoms with Crippen molar-refractivity contribution >= 4 is 26.0 Å². The van der Waals surface area contributed by atoms with E-state index >= 15 is 0 Å². The van der Waals surface area contributed by atoms with Crippen molar-refractivity contribution in [2.45, 2.75) is 44.2 Å². The number of sulfonamides is 1. The van der Waals surface area contributed by atoms with Crippen LogP contribution in [0.15, 0.2) is 22.7 Å². The van der Waals surface area contributed by atoms with E-state index < -0.39 is 32.8 Å². The van der Waals surface area contributed by atoms with Crippen LogP contribution in [0.25, 0.3) is 0 Å². The van der Waals surface area contributed by atoms with E-state index in [0.29, 0.717) is 10.0 Å². The highest BCUT2D eigenvalue weighted by atomic mass is 79.9. The Kier molecular flexibility index (Phi) is 4.48. The van der Waals surface area contributed by atoms with Gasteiger partial charge in [0.15, 0.2) is 0 Å². The summed E-state index contributed by atoms with van der Waals surface area (Å²) in [4.78, 5) is 0. The lowest BCUT2D eigenvalue weighted by molar-refractivity contribution is 0.339. The SMILES string of the molecule is CC(C)(C)S(=O)(=O)N1C[C@@H](F)C[C@@H]1c1cc(F)cc(Br)c1. The predicted molar refractivity (Wildman–Crippen MR) is 81.7 cm³/mol. The fourth-order valence-electron chi connectivity index (χ4n) is 2.44. The lowest BCUT2D eigenvalue weighted by atomic mass is 10.1. The van der Waals surface area contributed by atoms with Crippen molar-refractivity contribution in [3.05, 3.63) is 34.1 Å². The third-order valence-electron chi connectivity index (χ3n) is 3.56. The molecule has 1 aliphatic rings. The number of hydrogen-bond donors (Lipinski definition) is 0. The first kappa shape index (κ1) is 16.8. The fraction of sp³-hybridized carbons (Fsp3) is 0.571. The highest BCUT2D eigenvalue weighted by Crippen LogP contribution is 2.39. The molecular weight excluding hydrogens is 364 g/mol. The summed E-state index contributed by atoms with van der Waals surface area (Å²) in [6.45, 7) is 4.55. The number of nitrogens with zero attached hydrogens (tertiary/aromatic N) is 1. The maximum Gasteiger partial charge on any atom is 0.219 e. The molecule has 2 rings (SSSR count). The summed E-state index contributed by atoms with van der Waals surface area (Å²) in [5, 5.41) is 0. The zero-order valence-corrected chi connectivity index (χ0v) is 14.5. The third kappa shape index (κ3) is 3.29. The van der Waals surface area contributed by atoms with E-state index in [0.717, 1.165) is 0 Å². The maximum atomic E-state index is 13.8. The largest absolute Gasteiger partial charge is 0.246 e. The molecule has 2 atom stereocenters. The van der Waals surface area contributed by atoms with Gasteiger partial charge in [-0.3, -0.25) is 0 Å². The number of halogens is 3. The summed E-state index contributed by atoms with van der Waals surface area (Å²) in [5.41, 5.74) is 0.467. The second-order valence-electron chi connectivity index (χ2n) is 6.24. The third-order valence-corrected chi connectivity index (χ3v) is 6.58. The van der Waals surface area contributed by atoms with Crippen molar-refractivity contribution in [3.63, 3.8) is 0 Å². The fourth-order valence-corrected chi connectivity index (χ4v) is 4.53. The molecule has 0 unspecified atom stereocenters. The monoisotopic (exact) mass is 381 g/mol. The van der Waals surface area contributed by atoms with Gasteiger partial charge in [0.25, 0.3) is 0 Å². The van der Waals surface area contributed by atoms with Gasteiger partial charge in [0.05, 0.1) is 10.8 Å². The molecular formula is C14H18BrF2NO2S. The van der Waals surface area contributed by atoms with Crippen LogP contribution in [0.2, 0.25) is 0 Å². The summed E-state index contributed by atoms with van der Waals surface area (Å²) >= 11 is 3.18. The van der Waals surface area contributed by atoms with Crippen molar-refractivity contribution in [1.29, 1.82) is 0 Å². The molecule has 0 aliphatic carbocycles. The van der Waals surface area contributed by atoms with E-state index in [1.807, 2.05) is 0 Å². The van der Waals surface area contributed by atoms with Crippen molar-refractivity contribution in [3.8, 4) is 0 Å². The van der Waals surface area contributed by atoms with Gasteiger partial charge in [-0.05, 0) is 44.5 Å². The summed E-state index contributed by atoms with van der Waals surface area (Å²) in [7, 11) is -3.68. The minimum Gasteiger partial charge on any atom is -0.246 e. The quantitative estimate of drug-likeness (QED) is 0.780. The molecule has 0 aromatic heterocycles. The Bertz CT molecular complexity index is 623. The van der Waals surface area contributed by atoms with E-state index in [-0.39, 0.29) is 13.0 Å². The van der Waals surface area contributed by atoms with Crippen LogP contribution in [0.4, 0.5) is 8.78 Å². The number of alkyl halides is 1. The van der Waals surface area contributed by atoms with Gasteiger partial charge in [-0.2, -0.15) is 4.31 Å². The Labute approximate surface area is 132 Å². The smallest absolute Gasteiger partial charge is 0.219 e. The molecule has 1 aromatic rings. The van der Waals surface area contributed by atoms with E-state index in [9.17, 15) is 17.2 Å². The lowest BCUT2D eigenvalue weighted by Crippen LogP contribution is -2.43. The Hall–Kier alpha value is -0.530. The first-order chi connectivity index (χ1) is 9.52. The predicted octanol–water partition coefficient (Wildman–Crippen LogP) is 3.80. The van der Waals surface area contributed by atoms with Gasteiger partial charge in [0, 0.05) is 17.4 Å². The molecule has 3 nitrogen and oxygen atoms in total. The van der Waals surface area contributed by atoms with Crippen LogP contribution in [0.3, 0.4) is 0 Å². The summed E-state index contributed by atoms with van der Waals surface area (Å²) in [5.74, 6) is -0.477. The average Bonchev–Trinajstić information content (AvgIpc) is 2.69. The molecule has 0 radical (unpaired) electrons. The van der Waals surface area contributed by atoms with Gasteiger partial charge in [-0.1, -0.05) is 15.9 Å². The van der Waals surface area contributed by atoms with Gasteiger partial charge in [0.2, 0.25) is 10.0 Å². The molecule has 1 heterocycles. The standard InChI is InChI=1S/C14H18BrF2NO2S/c1-14(2,3)21(19,20)18-8-12(17)7-13(18)9-4-10(15)6-11(16)5-9/h4-6,12-13H,7-8H2,1-3H3/t12-,13+/m0/s1. The first-order valence-corrected chi connectivity index (χ1v) is 8.87. The van der Waals surface area contributed by atoms with Crippen LogP contribution in [0, 0.1) is 5.82 Å². The van der Waals surface area contributed by atoms with E-state index in [4.69, 9.17) is 0 Å². The highest BCUT2D eigenvalue weighted by Gasteiger charge is 2.45. The molecule has 0 amide bonds. The van der Waals surface area contributed by atoms with Crippen LogP contribution in [-0.2, 0) is 10.0 Å². The Morgan fingerprint density at radius 3 is 2.43 bits per heavy atom. The van der Waals surface area contributed by atoms with Crippen molar-refractivity contribution in [2.24, 2.45) is 0 Å². The molecule has 1 fully saturated rings. The molecule has 0 bridgehead atoms. The Balaban J connectivity index is 2.47. The van der Waals surface area contributed by atoms with Gasteiger partial charge in [0.1, 0.15) is 12.0 Å². The summed E-state index contributed by atoms with van der Waals surface area (Å²) in [6.07, 6.45) is -1.19. The minimum absolute atomic E-state index is 0.0468. The number of benzene rings is 1. The molecule has 0 saturated carbocycles. The van der Waals surface area contributed by atoms with Gasteiger partial charge in [-0.15, -0.1) is 0 Å². The lowest BCUT2D eigenvalue weighted by Gasteiger charge is -2.31. The average molecular weight is 382 g/mol. The molecule has 1 aliphatic heterocycles.